The van der Waals surface area contributed by atoms with E-state index in [0.717, 1.165) is 17.3 Å². The van der Waals surface area contributed by atoms with Gasteiger partial charge in [-0.15, -0.1) is 0 Å². The quantitative estimate of drug-likeness (QED) is 0.379. The first-order chi connectivity index (χ1) is 17.2. The summed E-state index contributed by atoms with van der Waals surface area (Å²) in [6.07, 6.45) is 1.14. The van der Waals surface area contributed by atoms with Crippen molar-refractivity contribution in [2.75, 3.05) is 5.32 Å². The number of amides is 2. The molecular weight excluding hydrogens is 483 g/mol. The molecule has 10 heteroatoms. The number of fused-ring (bicyclic) bond motifs is 1. The number of nitriles is 1. The molecule has 0 aliphatic rings. The fraction of sp³-hybridized carbons (Fsp3) is 0.192. The lowest BCUT2D eigenvalue weighted by molar-refractivity contribution is 0.0996. The van der Waals surface area contributed by atoms with Gasteiger partial charge in [-0.1, -0.05) is 37.6 Å². The van der Waals surface area contributed by atoms with Crippen molar-refractivity contribution in [3.63, 3.8) is 0 Å². The molecular formula is C26H22ClFN6O2. The maximum Gasteiger partial charge on any atom is 0.267 e. The van der Waals surface area contributed by atoms with E-state index in [1.54, 1.807) is 12.1 Å². The highest BCUT2D eigenvalue weighted by Crippen LogP contribution is 2.28. The molecule has 2 aromatic heterocycles. The van der Waals surface area contributed by atoms with Crippen LogP contribution in [0.3, 0.4) is 0 Å². The summed E-state index contributed by atoms with van der Waals surface area (Å²) in [5.74, 6) is -2.11. The van der Waals surface area contributed by atoms with Gasteiger partial charge < -0.3 is 11.1 Å². The molecule has 182 valence electrons. The number of aromatic nitrogens is 3. The van der Waals surface area contributed by atoms with Crippen LogP contribution in [0.1, 0.15) is 57.2 Å². The molecule has 4 rings (SSSR count). The summed E-state index contributed by atoms with van der Waals surface area (Å²) < 4.78 is 15.9. The molecule has 0 saturated heterocycles. The zero-order valence-electron chi connectivity index (χ0n) is 19.6. The summed E-state index contributed by atoms with van der Waals surface area (Å²) in [4.78, 5) is 29.4. The molecule has 0 atom stereocenters. The Hall–Kier alpha value is -4.29. The van der Waals surface area contributed by atoms with Gasteiger partial charge in [0.25, 0.3) is 11.8 Å². The molecule has 0 radical (unpaired) electrons. The molecule has 8 nitrogen and oxygen atoms in total. The number of nitrogens with two attached hydrogens (primary N) is 1. The number of aryl methyl sites for hydroxylation is 1. The first-order valence-electron chi connectivity index (χ1n) is 11.2. The number of halogens is 2. The van der Waals surface area contributed by atoms with E-state index in [4.69, 9.17) is 27.7 Å². The predicted octanol–water partition coefficient (Wildman–Crippen LogP) is 4.62. The largest absolute Gasteiger partial charge is 0.364 e. The molecule has 0 saturated carbocycles. The Labute approximate surface area is 211 Å². The van der Waals surface area contributed by atoms with Gasteiger partial charge in [0.05, 0.1) is 51.4 Å². The third kappa shape index (κ3) is 4.76. The van der Waals surface area contributed by atoms with E-state index in [9.17, 15) is 14.0 Å². The maximum absolute atomic E-state index is 14.1. The van der Waals surface area contributed by atoms with Crippen LogP contribution in [0.5, 0.6) is 0 Å². The van der Waals surface area contributed by atoms with Crippen molar-refractivity contribution in [3.05, 3.63) is 87.1 Å². The fourth-order valence-corrected chi connectivity index (χ4v) is 4.17. The zero-order chi connectivity index (χ0) is 26.0. The lowest BCUT2D eigenvalue weighted by Crippen LogP contribution is -2.18. The van der Waals surface area contributed by atoms with Crippen molar-refractivity contribution in [3.8, 4) is 6.07 Å². The minimum Gasteiger partial charge on any atom is -0.364 e. The van der Waals surface area contributed by atoms with Gasteiger partial charge in [-0.25, -0.2) is 9.37 Å². The molecule has 4 aromatic rings. The number of rotatable bonds is 7. The van der Waals surface area contributed by atoms with E-state index in [1.165, 1.54) is 12.1 Å². The highest BCUT2D eigenvalue weighted by Gasteiger charge is 2.22. The topological polar surface area (TPSA) is 127 Å². The number of carbonyl (C=O) groups excluding carboxylic acids is 2. The summed E-state index contributed by atoms with van der Waals surface area (Å²) in [5, 5.41) is 16.8. The number of hydrogen-bond acceptors (Lipinski definition) is 5. The van der Waals surface area contributed by atoms with Crippen LogP contribution in [0.4, 0.5) is 10.1 Å². The van der Waals surface area contributed by atoms with Crippen LogP contribution in [0.2, 0.25) is 5.02 Å². The average Bonchev–Trinajstić information content (AvgIpc) is 3.20. The van der Waals surface area contributed by atoms with E-state index in [-0.39, 0.29) is 27.2 Å². The second-order valence-corrected chi connectivity index (χ2v) is 8.51. The van der Waals surface area contributed by atoms with Crippen LogP contribution >= 0.6 is 11.6 Å². The number of nitrogens with zero attached hydrogens (tertiary/aromatic N) is 4. The normalized spacial score (nSPS) is 10.9. The van der Waals surface area contributed by atoms with Crippen LogP contribution in [-0.4, -0.2) is 26.6 Å². The summed E-state index contributed by atoms with van der Waals surface area (Å²) in [7, 11) is 0. The molecule has 0 spiro atoms. The second kappa shape index (κ2) is 10.1. The average molecular weight is 505 g/mol. The summed E-state index contributed by atoms with van der Waals surface area (Å²) >= 11 is 5.96. The van der Waals surface area contributed by atoms with Gasteiger partial charge in [-0.05, 0) is 42.7 Å². The molecule has 2 aromatic carbocycles. The van der Waals surface area contributed by atoms with E-state index >= 15 is 0 Å². The highest BCUT2D eigenvalue weighted by molar-refractivity contribution is 6.31. The standard InChI is InChI=1S/C26H22ClFN6O2/c1-3-20-24(23(4-2)34(33-20)13-15-7-5-14(12-29)6-8-15)32-26(36)17-10-22(25(30)35)31-21-11-19(28)18(27)9-16(17)21/h5-11H,3-4,13H2,1-2H3,(H2,30,35)(H,32,36). The number of carbonyl (C=O) groups is 2. The molecule has 0 unspecified atom stereocenters. The third-order valence-electron chi connectivity index (χ3n) is 5.80. The van der Waals surface area contributed by atoms with Gasteiger partial charge >= 0.3 is 0 Å². The molecule has 0 aliphatic carbocycles. The van der Waals surface area contributed by atoms with E-state index in [1.807, 2.05) is 30.7 Å². The Morgan fingerprint density at radius 3 is 2.50 bits per heavy atom. The Bertz CT molecular complexity index is 1540. The number of hydrogen-bond donors (Lipinski definition) is 2. The number of anilines is 1. The van der Waals surface area contributed by atoms with Gasteiger partial charge in [-0.3, -0.25) is 14.3 Å². The second-order valence-electron chi connectivity index (χ2n) is 8.10. The van der Waals surface area contributed by atoms with Gasteiger partial charge in [-0.2, -0.15) is 10.4 Å². The molecule has 2 heterocycles. The lowest BCUT2D eigenvalue weighted by atomic mass is 10.1. The van der Waals surface area contributed by atoms with Crippen molar-refractivity contribution in [1.29, 1.82) is 5.26 Å². The monoisotopic (exact) mass is 504 g/mol. The predicted molar refractivity (Wildman–Crippen MR) is 134 cm³/mol. The van der Waals surface area contributed by atoms with Crippen LogP contribution in [0.15, 0.2) is 42.5 Å². The molecule has 0 aliphatic heterocycles. The van der Waals surface area contributed by atoms with Crippen molar-refractivity contribution in [2.45, 2.75) is 33.2 Å². The number of nitrogens with one attached hydrogen (secondary N) is 1. The highest BCUT2D eigenvalue weighted by atomic mass is 35.5. The Morgan fingerprint density at radius 1 is 1.17 bits per heavy atom. The van der Waals surface area contributed by atoms with Crippen LogP contribution < -0.4 is 11.1 Å². The first-order valence-corrected chi connectivity index (χ1v) is 11.6. The number of benzene rings is 2. The van der Waals surface area contributed by atoms with Crippen molar-refractivity contribution in [2.24, 2.45) is 5.73 Å². The van der Waals surface area contributed by atoms with E-state index in [2.05, 4.69) is 16.4 Å². The van der Waals surface area contributed by atoms with Crippen LogP contribution in [0, 0.1) is 17.1 Å². The first kappa shape index (κ1) is 24.8. The van der Waals surface area contributed by atoms with Gasteiger partial charge in [0.15, 0.2) is 0 Å². The Kier molecular flexibility index (Phi) is 6.99. The summed E-state index contributed by atoms with van der Waals surface area (Å²) in [6, 6.07) is 12.9. The number of primary amides is 1. The SMILES string of the molecule is CCc1nn(Cc2ccc(C#N)cc2)c(CC)c1NC(=O)c1cc(C(N)=O)nc2cc(F)c(Cl)cc12. The molecule has 0 bridgehead atoms. The van der Waals surface area contributed by atoms with Crippen molar-refractivity contribution in [1.82, 2.24) is 14.8 Å². The van der Waals surface area contributed by atoms with Crippen molar-refractivity contribution >= 4 is 40.0 Å². The molecule has 36 heavy (non-hydrogen) atoms. The minimum atomic E-state index is -0.847. The number of pyridine rings is 1. The Morgan fingerprint density at radius 2 is 1.89 bits per heavy atom. The molecule has 2 amide bonds. The molecule has 3 N–H and O–H groups in total. The van der Waals surface area contributed by atoms with Gasteiger partial charge in [0.2, 0.25) is 0 Å². The maximum atomic E-state index is 14.1. The van der Waals surface area contributed by atoms with E-state index < -0.39 is 17.6 Å². The third-order valence-corrected chi connectivity index (χ3v) is 6.09. The lowest BCUT2D eigenvalue weighted by Gasteiger charge is -2.12. The van der Waals surface area contributed by atoms with Crippen LogP contribution in [-0.2, 0) is 19.4 Å². The smallest absolute Gasteiger partial charge is 0.267 e. The summed E-state index contributed by atoms with van der Waals surface area (Å²) in [5.41, 5.74) is 8.98. The molecule has 0 fully saturated rings. The minimum absolute atomic E-state index is 0.0830. The van der Waals surface area contributed by atoms with Gasteiger partial charge in [0, 0.05) is 11.5 Å². The summed E-state index contributed by atoms with van der Waals surface area (Å²) in [6.45, 7) is 4.34. The van der Waals surface area contributed by atoms with E-state index in [0.29, 0.717) is 36.3 Å². The Balaban J connectivity index is 1.75. The van der Waals surface area contributed by atoms with Crippen LogP contribution in [0.25, 0.3) is 10.9 Å². The van der Waals surface area contributed by atoms with Gasteiger partial charge in [0.1, 0.15) is 11.5 Å². The van der Waals surface area contributed by atoms with Crippen molar-refractivity contribution < 1.29 is 14.0 Å². The fourth-order valence-electron chi connectivity index (χ4n) is 4.01. The zero-order valence-corrected chi connectivity index (χ0v) is 20.4.